The maximum absolute atomic E-state index is 13.2. The Bertz CT molecular complexity index is 817. The van der Waals surface area contributed by atoms with E-state index in [9.17, 15) is 13.2 Å². The van der Waals surface area contributed by atoms with Gasteiger partial charge in [0.05, 0.1) is 4.90 Å². The van der Waals surface area contributed by atoms with E-state index in [0.29, 0.717) is 18.0 Å². The molecule has 1 aromatic carbocycles. The lowest BCUT2D eigenvalue weighted by Gasteiger charge is -2.55. The highest BCUT2D eigenvalue weighted by Gasteiger charge is 2.54. The predicted molar refractivity (Wildman–Crippen MR) is 107 cm³/mol. The minimum absolute atomic E-state index is 0.136. The summed E-state index contributed by atoms with van der Waals surface area (Å²) in [6, 6.07) is 8.51. The van der Waals surface area contributed by atoms with E-state index in [4.69, 9.17) is 0 Å². The molecule has 1 unspecified atom stereocenters. The van der Waals surface area contributed by atoms with Crippen molar-refractivity contribution in [2.24, 2.45) is 23.2 Å². The molecular weight excluding hydrogens is 372 g/mol. The fraction of sp³-hybridized carbons (Fsp3) is 0.682. The molecule has 0 spiro atoms. The number of amides is 1. The van der Waals surface area contributed by atoms with Crippen LogP contribution in [0, 0.1) is 23.2 Å². The molecule has 4 bridgehead atoms. The Morgan fingerprint density at radius 1 is 1.04 bits per heavy atom. The second kappa shape index (κ2) is 6.84. The molecule has 5 fully saturated rings. The normalized spacial score (nSPS) is 37.3. The van der Waals surface area contributed by atoms with Crippen LogP contribution < -0.4 is 5.32 Å². The first-order valence-corrected chi connectivity index (χ1v) is 12.3. The van der Waals surface area contributed by atoms with Gasteiger partial charge < -0.3 is 5.32 Å². The lowest BCUT2D eigenvalue weighted by Crippen LogP contribution is -2.55. The van der Waals surface area contributed by atoms with Gasteiger partial charge in [-0.2, -0.15) is 4.31 Å². The molecule has 1 N–H and O–H groups in total. The molecule has 1 aromatic rings. The Balaban J connectivity index is 1.27. The zero-order valence-corrected chi connectivity index (χ0v) is 17.2. The van der Waals surface area contributed by atoms with Gasteiger partial charge in [0.15, 0.2) is 0 Å². The topological polar surface area (TPSA) is 66.5 Å². The number of nitrogens with one attached hydrogen (secondary N) is 1. The Morgan fingerprint density at radius 2 is 1.64 bits per heavy atom. The van der Waals surface area contributed by atoms with Crippen LogP contribution >= 0.6 is 0 Å². The quantitative estimate of drug-likeness (QED) is 0.823. The molecule has 1 aliphatic heterocycles. The number of benzene rings is 1. The van der Waals surface area contributed by atoms with Crippen molar-refractivity contribution in [2.45, 2.75) is 62.3 Å². The van der Waals surface area contributed by atoms with Crippen LogP contribution in [0.3, 0.4) is 0 Å². The molecule has 0 radical (unpaired) electrons. The summed E-state index contributed by atoms with van der Waals surface area (Å²) in [7, 11) is -3.50. The predicted octanol–water partition coefficient (Wildman–Crippen LogP) is 3.17. The minimum Gasteiger partial charge on any atom is -0.354 e. The molecule has 6 rings (SSSR count). The Hall–Kier alpha value is -1.40. The van der Waals surface area contributed by atoms with Gasteiger partial charge in [-0.1, -0.05) is 18.2 Å². The van der Waals surface area contributed by atoms with E-state index < -0.39 is 10.0 Å². The van der Waals surface area contributed by atoms with Gasteiger partial charge in [0.25, 0.3) is 0 Å². The molecule has 4 aliphatic carbocycles. The Morgan fingerprint density at radius 3 is 2.25 bits per heavy atom. The minimum atomic E-state index is -3.50. The fourth-order valence-corrected chi connectivity index (χ4v) is 8.56. The van der Waals surface area contributed by atoms with Crippen LogP contribution in [-0.2, 0) is 14.8 Å². The molecule has 152 valence electrons. The summed E-state index contributed by atoms with van der Waals surface area (Å²) in [6.45, 7) is 0.974. The van der Waals surface area contributed by atoms with Crippen molar-refractivity contribution >= 4 is 15.9 Å². The van der Waals surface area contributed by atoms with Gasteiger partial charge in [-0.25, -0.2) is 8.42 Å². The molecule has 1 heterocycles. The number of carbonyl (C=O) groups is 1. The zero-order valence-electron chi connectivity index (χ0n) is 16.3. The van der Waals surface area contributed by atoms with Gasteiger partial charge >= 0.3 is 0 Å². The SMILES string of the molecule is O=C(NCC1CCCN1S(=O)(=O)c1ccccc1)C12CC3CC(CC(C3)C1)C2. The number of hydrogen-bond donors (Lipinski definition) is 1. The van der Waals surface area contributed by atoms with Gasteiger partial charge in [-0.15, -0.1) is 0 Å². The van der Waals surface area contributed by atoms with Gasteiger partial charge in [0.2, 0.25) is 15.9 Å². The van der Waals surface area contributed by atoms with E-state index in [0.717, 1.165) is 49.9 Å². The van der Waals surface area contributed by atoms with Crippen molar-refractivity contribution in [1.29, 1.82) is 0 Å². The van der Waals surface area contributed by atoms with Crippen LogP contribution in [0.5, 0.6) is 0 Å². The summed E-state index contributed by atoms with van der Waals surface area (Å²) in [6.07, 6.45) is 8.75. The number of nitrogens with zero attached hydrogens (tertiary/aromatic N) is 1. The molecule has 0 aromatic heterocycles. The van der Waals surface area contributed by atoms with Crippen LogP contribution in [0.2, 0.25) is 0 Å². The zero-order chi connectivity index (χ0) is 19.4. The molecule has 6 heteroatoms. The van der Waals surface area contributed by atoms with Gasteiger partial charge in [-0.05, 0) is 81.3 Å². The highest BCUT2D eigenvalue weighted by atomic mass is 32.2. The summed E-state index contributed by atoms with van der Waals surface area (Å²) < 4.78 is 27.6. The second-order valence-corrected chi connectivity index (χ2v) is 11.5. The van der Waals surface area contributed by atoms with Gasteiger partial charge in [0, 0.05) is 24.5 Å². The molecule has 1 amide bonds. The summed E-state index contributed by atoms with van der Waals surface area (Å²) in [4.78, 5) is 13.5. The highest BCUT2D eigenvalue weighted by Crippen LogP contribution is 2.60. The molecule has 1 saturated heterocycles. The van der Waals surface area contributed by atoms with Crippen molar-refractivity contribution in [3.63, 3.8) is 0 Å². The van der Waals surface area contributed by atoms with Crippen LogP contribution in [0.25, 0.3) is 0 Å². The number of carbonyl (C=O) groups excluding carboxylic acids is 1. The van der Waals surface area contributed by atoms with Crippen LogP contribution in [0.15, 0.2) is 35.2 Å². The largest absolute Gasteiger partial charge is 0.354 e. The lowest BCUT2D eigenvalue weighted by atomic mass is 9.49. The van der Waals surface area contributed by atoms with E-state index in [-0.39, 0.29) is 17.4 Å². The number of hydrogen-bond acceptors (Lipinski definition) is 3. The van der Waals surface area contributed by atoms with Gasteiger partial charge in [-0.3, -0.25) is 4.79 Å². The van der Waals surface area contributed by atoms with E-state index in [1.54, 1.807) is 28.6 Å². The van der Waals surface area contributed by atoms with Crippen molar-refractivity contribution in [2.75, 3.05) is 13.1 Å². The maximum atomic E-state index is 13.2. The molecular formula is C22H30N2O3S. The van der Waals surface area contributed by atoms with Crippen molar-refractivity contribution in [1.82, 2.24) is 9.62 Å². The molecule has 28 heavy (non-hydrogen) atoms. The van der Waals surface area contributed by atoms with E-state index in [2.05, 4.69) is 5.32 Å². The third kappa shape index (κ3) is 3.09. The lowest BCUT2D eigenvalue weighted by molar-refractivity contribution is -0.146. The standard InChI is InChI=1S/C22H30N2O3S/c25-21(22-12-16-9-17(13-22)11-18(10-16)14-22)23-15-19-5-4-8-24(19)28(26,27)20-6-2-1-3-7-20/h1-3,6-7,16-19H,4-5,8-15H2,(H,23,25). The summed E-state index contributed by atoms with van der Waals surface area (Å²) in [5.41, 5.74) is -0.170. The van der Waals surface area contributed by atoms with E-state index >= 15 is 0 Å². The van der Waals surface area contributed by atoms with Crippen LogP contribution in [0.1, 0.15) is 51.4 Å². The average Bonchev–Trinajstić information content (AvgIpc) is 3.15. The smallest absolute Gasteiger partial charge is 0.243 e. The third-order valence-electron chi connectivity index (χ3n) is 7.69. The first-order chi connectivity index (χ1) is 13.5. The van der Waals surface area contributed by atoms with Crippen molar-refractivity contribution in [3.8, 4) is 0 Å². The fourth-order valence-electron chi connectivity index (χ4n) is 6.84. The van der Waals surface area contributed by atoms with Crippen molar-refractivity contribution in [3.05, 3.63) is 30.3 Å². The molecule has 5 aliphatic rings. The molecule has 4 saturated carbocycles. The first kappa shape index (κ1) is 18.6. The molecule has 1 atom stereocenters. The van der Waals surface area contributed by atoms with Crippen LogP contribution in [0.4, 0.5) is 0 Å². The maximum Gasteiger partial charge on any atom is 0.243 e. The van der Waals surface area contributed by atoms with Crippen molar-refractivity contribution < 1.29 is 13.2 Å². The Labute approximate surface area is 167 Å². The second-order valence-electron chi connectivity index (χ2n) is 9.63. The van der Waals surface area contributed by atoms with E-state index in [1.165, 1.54) is 19.3 Å². The summed E-state index contributed by atoms with van der Waals surface area (Å²) >= 11 is 0. The van der Waals surface area contributed by atoms with E-state index in [1.807, 2.05) is 6.07 Å². The van der Waals surface area contributed by atoms with Crippen LogP contribution in [-0.4, -0.2) is 37.8 Å². The monoisotopic (exact) mass is 402 g/mol. The summed E-state index contributed by atoms with van der Waals surface area (Å²) in [5, 5.41) is 3.19. The average molecular weight is 403 g/mol. The van der Waals surface area contributed by atoms with Gasteiger partial charge in [0.1, 0.15) is 0 Å². The first-order valence-electron chi connectivity index (χ1n) is 10.8. The highest BCUT2D eigenvalue weighted by molar-refractivity contribution is 7.89. The number of rotatable bonds is 5. The Kier molecular flexibility index (Phi) is 4.55. The third-order valence-corrected chi connectivity index (χ3v) is 9.66. The summed E-state index contributed by atoms with van der Waals surface area (Å²) in [5.74, 6) is 2.39. The molecule has 5 nitrogen and oxygen atoms in total. The number of sulfonamides is 1.